The smallest absolute Gasteiger partial charge is 0.232 e. The van der Waals surface area contributed by atoms with Gasteiger partial charge in [-0.25, -0.2) is 9.98 Å². The number of carbonyl (C=O) groups is 1. The molecule has 0 bridgehead atoms. The molecule has 1 aromatic rings. The van der Waals surface area contributed by atoms with Crippen molar-refractivity contribution < 1.29 is 9.53 Å². The molecular weight excluding hydrogens is 270 g/mol. The van der Waals surface area contributed by atoms with Crippen molar-refractivity contribution in [1.82, 2.24) is 5.32 Å². The minimum Gasteiger partial charge on any atom is -0.379 e. The molecule has 0 saturated carbocycles. The number of nitrogens with zero attached hydrogens (tertiary/aromatic N) is 3. The van der Waals surface area contributed by atoms with E-state index >= 15 is 0 Å². The number of aliphatic imine (C=N–C) groups is 3. The lowest BCUT2D eigenvalue weighted by molar-refractivity contribution is -0.118. The zero-order chi connectivity index (χ0) is 15.2. The molecule has 7 heteroatoms. The Bertz CT molecular complexity index is 634. The number of nitrogens with one attached hydrogen (secondary N) is 1. The van der Waals surface area contributed by atoms with Crippen LogP contribution in [0.1, 0.15) is 12.0 Å². The molecule has 1 aromatic carbocycles. The summed E-state index contributed by atoms with van der Waals surface area (Å²) in [6.07, 6.45) is 0.196. The minimum absolute atomic E-state index is 0.0262. The van der Waals surface area contributed by atoms with Crippen molar-refractivity contribution in [1.29, 1.82) is 0 Å². The van der Waals surface area contributed by atoms with Crippen molar-refractivity contribution in [3.05, 3.63) is 29.8 Å². The maximum atomic E-state index is 11.5. The summed E-state index contributed by atoms with van der Waals surface area (Å²) in [4.78, 5) is 23.9. The number of guanidine groups is 2. The first kappa shape index (κ1) is 14.9. The molecule has 0 aliphatic carbocycles. The number of methoxy groups -OCH3 is 1. The van der Waals surface area contributed by atoms with Crippen molar-refractivity contribution in [2.75, 3.05) is 13.7 Å². The molecule has 21 heavy (non-hydrogen) atoms. The number of aryl methyl sites for hydroxylation is 1. The Balaban J connectivity index is 2.21. The summed E-state index contributed by atoms with van der Waals surface area (Å²) in [7, 11) is 1.54. The van der Waals surface area contributed by atoms with Gasteiger partial charge in [0.1, 0.15) is 0 Å². The predicted molar refractivity (Wildman–Crippen MR) is 82.0 cm³/mol. The van der Waals surface area contributed by atoms with Crippen LogP contribution in [0.4, 0.5) is 5.69 Å². The fourth-order valence-electron chi connectivity index (χ4n) is 1.84. The highest BCUT2D eigenvalue weighted by Gasteiger charge is 2.16. The highest BCUT2D eigenvalue weighted by Crippen LogP contribution is 2.13. The average Bonchev–Trinajstić information content (AvgIpc) is 2.37. The number of hydrogen-bond acceptors (Lipinski definition) is 3. The molecule has 0 fully saturated rings. The van der Waals surface area contributed by atoms with Crippen LogP contribution in [-0.2, 0) is 9.53 Å². The monoisotopic (exact) mass is 287 g/mol. The third-order valence-electron chi connectivity index (χ3n) is 2.66. The Labute approximate surface area is 122 Å². The Hall–Kier alpha value is -2.54. The zero-order valence-electron chi connectivity index (χ0n) is 12.0. The molecule has 1 amide bonds. The van der Waals surface area contributed by atoms with Gasteiger partial charge in [0.25, 0.3) is 0 Å². The van der Waals surface area contributed by atoms with Crippen LogP contribution in [0, 0.1) is 6.92 Å². The number of nitrogens with two attached hydrogens (primary N) is 1. The summed E-state index contributed by atoms with van der Waals surface area (Å²) in [6.45, 7) is 2.24. The van der Waals surface area contributed by atoms with Gasteiger partial charge in [0.15, 0.2) is 0 Å². The van der Waals surface area contributed by atoms with E-state index in [0.717, 1.165) is 5.56 Å². The van der Waals surface area contributed by atoms with E-state index < -0.39 is 0 Å². The Morgan fingerprint density at radius 3 is 3.05 bits per heavy atom. The number of benzene rings is 1. The predicted octanol–water partition coefficient (Wildman–Crippen LogP) is 0.905. The first-order valence-electron chi connectivity index (χ1n) is 6.41. The first-order valence-corrected chi connectivity index (χ1v) is 6.41. The van der Waals surface area contributed by atoms with Gasteiger partial charge in [-0.1, -0.05) is 12.1 Å². The van der Waals surface area contributed by atoms with Crippen molar-refractivity contribution in [2.24, 2.45) is 20.7 Å². The van der Waals surface area contributed by atoms with Gasteiger partial charge < -0.3 is 10.5 Å². The Morgan fingerprint density at radius 2 is 2.33 bits per heavy atom. The van der Waals surface area contributed by atoms with Crippen LogP contribution >= 0.6 is 0 Å². The highest BCUT2D eigenvalue weighted by molar-refractivity contribution is 6.17. The molecule has 0 atom stereocenters. The highest BCUT2D eigenvalue weighted by atomic mass is 16.5. The molecule has 3 N–H and O–H groups in total. The summed E-state index contributed by atoms with van der Waals surface area (Å²) in [5, 5.41) is 2.54. The van der Waals surface area contributed by atoms with Crippen LogP contribution in [0.3, 0.4) is 0 Å². The van der Waals surface area contributed by atoms with Gasteiger partial charge in [0.2, 0.25) is 17.8 Å². The van der Waals surface area contributed by atoms with E-state index in [-0.39, 0.29) is 30.9 Å². The number of hydrogen-bond donors (Lipinski definition) is 2. The van der Waals surface area contributed by atoms with E-state index in [1.165, 1.54) is 0 Å². The van der Waals surface area contributed by atoms with Gasteiger partial charge in [0, 0.05) is 7.11 Å². The molecule has 110 valence electrons. The maximum Gasteiger partial charge on any atom is 0.232 e. The lowest BCUT2D eigenvalue weighted by Crippen LogP contribution is -2.38. The SMILES string of the molecule is COCC1=NC(=NC(N)=Nc2cccc(C)c2)NC(=O)C1. The van der Waals surface area contributed by atoms with Crippen LogP contribution < -0.4 is 11.1 Å². The van der Waals surface area contributed by atoms with Gasteiger partial charge in [-0.15, -0.1) is 0 Å². The summed E-state index contributed by atoms with van der Waals surface area (Å²) < 4.78 is 4.96. The van der Waals surface area contributed by atoms with Crippen molar-refractivity contribution in [3.8, 4) is 0 Å². The van der Waals surface area contributed by atoms with Gasteiger partial charge in [0.05, 0.1) is 24.4 Å². The van der Waals surface area contributed by atoms with Crippen LogP contribution in [0.15, 0.2) is 39.2 Å². The van der Waals surface area contributed by atoms with Gasteiger partial charge in [-0.05, 0) is 24.6 Å². The maximum absolute atomic E-state index is 11.5. The zero-order valence-corrected chi connectivity index (χ0v) is 12.0. The number of amides is 1. The molecule has 0 radical (unpaired) electrons. The van der Waals surface area contributed by atoms with Crippen LogP contribution in [0.5, 0.6) is 0 Å². The molecule has 0 spiro atoms. The molecular formula is C14H17N5O2. The minimum atomic E-state index is -0.195. The number of rotatable bonds is 3. The van der Waals surface area contributed by atoms with Crippen LogP contribution in [0.25, 0.3) is 0 Å². The summed E-state index contributed by atoms with van der Waals surface area (Å²) >= 11 is 0. The van der Waals surface area contributed by atoms with E-state index in [9.17, 15) is 4.79 Å². The van der Waals surface area contributed by atoms with E-state index in [2.05, 4.69) is 20.3 Å². The lowest BCUT2D eigenvalue weighted by Gasteiger charge is -2.13. The van der Waals surface area contributed by atoms with Crippen molar-refractivity contribution in [2.45, 2.75) is 13.3 Å². The van der Waals surface area contributed by atoms with Crippen molar-refractivity contribution in [3.63, 3.8) is 0 Å². The largest absolute Gasteiger partial charge is 0.379 e. The number of ether oxygens (including phenoxy) is 1. The van der Waals surface area contributed by atoms with Gasteiger partial charge >= 0.3 is 0 Å². The van der Waals surface area contributed by atoms with E-state index in [1.54, 1.807) is 7.11 Å². The molecule has 2 rings (SSSR count). The molecule has 7 nitrogen and oxygen atoms in total. The molecule has 0 unspecified atom stereocenters. The topological polar surface area (TPSA) is 101 Å². The van der Waals surface area contributed by atoms with Gasteiger partial charge in [-0.2, -0.15) is 4.99 Å². The average molecular weight is 287 g/mol. The second-order valence-corrected chi connectivity index (χ2v) is 4.58. The normalized spacial score (nSPS) is 17.6. The molecule has 1 aliphatic rings. The fraction of sp³-hybridized carbons (Fsp3) is 0.286. The quantitative estimate of drug-likeness (QED) is 0.638. The van der Waals surface area contributed by atoms with Crippen LogP contribution in [0.2, 0.25) is 0 Å². The van der Waals surface area contributed by atoms with E-state index in [1.807, 2.05) is 31.2 Å². The summed E-state index contributed by atoms with van der Waals surface area (Å²) in [6, 6.07) is 7.54. The molecule has 1 heterocycles. The Morgan fingerprint density at radius 1 is 1.52 bits per heavy atom. The van der Waals surface area contributed by atoms with Gasteiger partial charge in [-0.3, -0.25) is 10.1 Å². The van der Waals surface area contributed by atoms with E-state index in [0.29, 0.717) is 11.4 Å². The van der Waals surface area contributed by atoms with E-state index in [4.69, 9.17) is 10.5 Å². The molecule has 0 saturated heterocycles. The molecule has 1 aliphatic heterocycles. The fourth-order valence-corrected chi connectivity index (χ4v) is 1.84. The standard InChI is InChI=1S/C14H17N5O2/c1-9-4-3-5-10(6-9)16-13(15)19-14-17-11(8-21-2)7-12(20)18-14/h3-6H,7-8H2,1-2H3,(H3,15,16,18,19,20). The van der Waals surface area contributed by atoms with Crippen LogP contribution in [-0.4, -0.2) is 37.3 Å². The second-order valence-electron chi connectivity index (χ2n) is 4.58. The first-order chi connectivity index (χ1) is 10.1. The third kappa shape index (κ3) is 4.50. The number of carbonyl (C=O) groups excluding carboxylic acids is 1. The van der Waals surface area contributed by atoms with Crippen molar-refractivity contribution >= 4 is 29.2 Å². The Kier molecular flexibility index (Phi) is 4.78. The molecule has 0 aromatic heterocycles. The second kappa shape index (κ2) is 6.76. The summed E-state index contributed by atoms with van der Waals surface area (Å²) in [5.41, 5.74) is 8.13. The lowest BCUT2D eigenvalue weighted by atomic mass is 10.2. The summed E-state index contributed by atoms with van der Waals surface area (Å²) in [5.74, 6) is -0.0373. The third-order valence-corrected chi connectivity index (χ3v) is 2.66.